The number of imidazole rings is 1. The molecule has 3 aromatic rings. The summed E-state index contributed by atoms with van der Waals surface area (Å²) in [6, 6.07) is 14.4. The van der Waals surface area contributed by atoms with E-state index in [1.165, 1.54) is 36.8 Å². The molecular weight excluding hydrogens is 400 g/mol. The lowest BCUT2D eigenvalue weighted by Crippen LogP contribution is -2.36. The zero-order chi connectivity index (χ0) is 22.3. The predicted molar refractivity (Wildman–Crippen MR) is 129 cm³/mol. The Morgan fingerprint density at radius 1 is 1.09 bits per heavy atom. The zero-order valence-corrected chi connectivity index (χ0v) is 19.4. The number of aliphatic hydroxyl groups excluding tert-OH is 1. The average Bonchev–Trinajstić information content (AvgIpc) is 3.01. The fraction of sp³-hybridized carbons (Fsp3) is 0.500. The third-order valence-electron chi connectivity index (χ3n) is 6.14. The lowest BCUT2D eigenvalue weighted by molar-refractivity contribution is 0.0693. The first-order valence-corrected chi connectivity index (χ1v) is 11.8. The summed E-state index contributed by atoms with van der Waals surface area (Å²) in [5.74, 6) is 1.78. The number of β-amino-alcohol motifs (C(OH)–C–C–N with tert-alkyl or cyclic N) is 1. The van der Waals surface area contributed by atoms with Crippen LogP contribution in [0.1, 0.15) is 42.6 Å². The van der Waals surface area contributed by atoms with E-state index in [-0.39, 0.29) is 0 Å². The van der Waals surface area contributed by atoms with Crippen LogP contribution in [0.25, 0.3) is 11.0 Å². The van der Waals surface area contributed by atoms with Crippen LogP contribution in [0.3, 0.4) is 0 Å². The summed E-state index contributed by atoms with van der Waals surface area (Å²) in [7, 11) is 2.10. The number of nitrogens with one attached hydrogen (secondary N) is 1. The molecule has 2 aromatic carbocycles. The number of nitrogens with zero attached hydrogens (tertiary/aromatic N) is 3. The SMILES string of the molecule is Cc1cccc2[nH]c(CN(C)Cc3cccc(OC[C@@H](O)CN4CCCCCC4)c3)nc12. The smallest absolute Gasteiger partial charge is 0.121 e. The van der Waals surface area contributed by atoms with E-state index in [1.54, 1.807) is 0 Å². The molecule has 0 aliphatic carbocycles. The van der Waals surface area contributed by atoms with E-state index in [4.69, 9.17) is 9.72 Å². The molecule has 0 amide bonds. The summed E-state index contributed by atoms with van der Waals surface area (Å²) >= 11 is 0. The van der Waals surface area contributed by atoms with Gasteiger partial charge in [0.15, 0.2) is 0 Å². The molecule has 32 heavy (non-hydrogen) atoms. The fourth-order valence-electron chi connectivity index (χ4n) is 4.52. The van der Waals surface area contributed by atoms with Crippen LogP contribution in [0.15, 0.2) is 42.5 Å². The van der Waals surface area contributed by atoms with Gasteiger partial charge < -0.3 is 19.7 Å². The molecule has 2 N–H and O–H groups in total. The Morgan fingerprint density at radius 2 is 1.88 bits per heavy atom. The highest BCUT2D eigenvalue weighted by molar-refractivity contribution is 5.78. The number of benzene rings is 2. The van der Waals surface area contributed by atoms with Crippen LogP contribution in [-0.4, -0.2) is 64.3 Å². The molecular formula is C26H36N4O2. The molecule has 0 unspecified atom stereocenters. The van der Waals surface area contributed by atoms with E-state index in [0.29, 0.717) is 13.2 Å². The Morgan fingerprint density at radius 3 is 2.66 bits per heavy atom. The number of para-hydroxylation sites is 1. The zero-order valence-electron chi connectivity index (χ0n) is 19.4. The molecule has 6 heteroatoms. The van der Waals surface area contributed by atoms with E-state index in [9.17, 15) is 5.11 Å². The van der Waals surface area contributed by atoms with Gasteiger partial charge in [0.2, 0.25) is 0 Å². The number of hydrogen-bond donors (Lipinski definition) is 2. The Hall–Kier alpha value is -2.41. The number of aromatic nitrogens is 2. The van der Waals surface area contributed by atoms with Crippen molar-refractivity contribution in [2.45, 2.75) is 51.8 Å². The predicted octanol–water partition coefficient (Wildman–Crippen LogP) is 4.12. The number of aryl methyl sites for hydroxylation is 1. The highest BCUT2D eigenvalue weighted by atomic mass is 16.5. The number of rotatable bonds is 9. The Kier molecular flexibility index (Phi) is 7.79. The van der Waals surface area contributed by atoms with Crippen molar-refractivity contribution in [2.75, 3.05) is 33.3 Å². The first-order valence-electron chi connectivity index (χ1n) is 11.8. The topological polar surface area (TPSA) is 64.6 Å². The van der Waals surface area contributed by atoms with Crippen LogP contribution >= 0.6 is 0 Å². The van der Waals surface area contributed by atoms with Crippen molar-refractivity contribution in [3.05, 3.63) is 59.4 Å². The number of aromatic amines is 1. The van der Waals surface area contributed by atoms with Crippen LogP contribution in [0.4, 0.5) is 0 Å². The first kappa shape index (κ1) is 22.8. The second-order valence-electron chi connectivity index (χ2n) is 9.15. The van der Waals surface area contributed by atoms with E-state index in [1.807, 2.05) is 12.1 Å². The molecule has 1 aliphatic rings. The normalized spacial score (nSPS) is 16.4. The van der Waals surface area contributed by atoms with Crippen LogP contribution < -0.4 is 4.74 Å². The minimum atomic E-state index is -0.462. The molecule has 1 aliphatic heterocycles. The van der Waals surface area contributed by atoms with E-state index in [2.05, 4.69) is 59.1 Å². The van der Waals surface area contributed by atoms with Gasteiger partial charge in [0.25, 0.3) is 0 Å². The molecule has 0 radical (unpaired) electrons. The fourth-order valence-corrected chi connectivity index (χ4v) is 4.52. The summed E-state index contributed by atoms with van der Waals surface area (Å²) in [4.78, 5) is 12.8. The second kappa shape index (κ2) is 10.9. The van der Waals surface area contributed by atoms with Crippen molar-refractivity contribution in [1.29, 1.82) is 0 Å². The third-order valence-corrected chi connectivity index (χ3v) is 6.14. The molecule has 0 bridgehead atoms. The minimum Gasteiger partial charge on any atom is -0.491 e. The van der Waals surface area contributed by atoms with E-state index in [0.717, 1.165) is 48.8 Å². The molecule has 4 rings (SSSR count). The molecule has 1 fully saturated rings. The second-order valence-corrected chi connectivity index (χ2v) is 9.15. The quantitative estimate of drug-likeness (QED) is 0.528. The molecule has 0 saturated carbocycles. The largest absolute Gasteiger partial charge is 0.491 e. The van der Waals surface area contributed by atoms with Gasteiger partial charge >= 0.3 is 0 Å². The maximum absolute atomic E-state index is 10.4. The first-order chi connectivity index (χ1) is 15.6. The van der Waals surface area contributed by atoms with Gasteiger partial charge in [0, 0.05) is 13.1 Å². The number of likely N-dealkylation sites (tertiary alicyclic amines) is 1. The molecule has 1 aromatic heterocycles. The summed E-state index contributed by atoms with van der Waals surface area (Å²) in [6.07, 6.45) is 4.62. The van der Waals surface area contributed by atoms with Crippen molar-refractivity contribution < 1.29 is 9.84 Å². The maximum Gasteiger partial charge on any atom is 0.121 e. The Labute approximate surface area is 191 Å². The number of hydrogen-bond acceptors (Lipinski definition) is 5. The monoisotopic (exact) mass is 436 g/mol. The van der Waals surface area contributed by atoms with Gasteiger partial charge in [-0.1, -0.05) is 37.1 Å². The lowest BCUT2D eigenvalue weighted by atomic mass is 10.2. The number of aliphatic hydroxyl groups is 1. The van der Waals surface area contributed by atoms with E-state index < -0.39 is 6.10 Å². The Bertz CT molecular complexity index is 994. The number of fused-ring (bicyclic) bond motifs is 1. The highest BCUT2D eigenvalue weighted by Gasteiger charge is 2.14. The highest BCUT2D eigenvalue weighted by Crippen LogP contribution is 2.18. The van der Waals surface area contributed by atoms with E-state index >= 15 is 0 Å². The molecule has 1 atom stereocenters. The number of H-pyrrole nitrogens is 1. The van der Waals surface area contributed by atoms with Crippen LogP contribution in [0.2, 0.25) is 0 Å². The van der Waals surface area contributed by atoms with Crippen LogP contribution in [0, 0.1) is 6.92 Å². The number of ether oxygens (including phenoxy) is 1. The van der Waals surface area contributed by atoms with Gasteiger partial charge in [-0.05, 0) is 69.2 Å². The molecule has 2 heterocycles. The molecule has 6 nitrogen and oxygen atoms in total. The Balaban J connectivity index is 1.27. The van der Waals surface area contributed by atoms with Crippen LogP contribution in [-0.2, 0) is 13.1 Å². The summed E-state index contributed by atoms with van der Waals surface area (Å²) in [5.41, 5.74) is 4.50. The van der Waals surface area contributed by atoms with Gasteiger partial charge in [-0.3, -0.25) is 4.90 Å². The van der Waals surface area contributed by atoms with Gasteiger partial charge in [-0.2, -0.15) is 0 Å². The van der Waals surface area contributed by atoms with Crippen molar-refractivity contribution in [3.63, 3.8) is 0 Å². The average molecular weight is 437 g/mol. The lowest BCUT2D eigenvalue weighted by Gasteiger charge is -2.23. The van der Waals surface area contributed by atoms with Gasteiger partial charge in [0.05, 0.1) is 17.6 Å². The minimum absolute atomic E-state index is 0.328. The van der Waals surface area contributed by atoms with Gasteiger partial charge in [0.1, 0.15) is 24.3 Å². The molecule has 0 spiro atoms. The standard InChI is InChI=1S/C26H36N4O2/c1-20-9-7-12-24-26(20)28-25(27-24)18-29(2)16-21-10-8-11-23(15-21)32-19-22(31)17-30-13-5-3-4-6-14-30/h7-12,15,22,31H,3-6,13-14,16-19H2,1-2H3,(H,27,28)/t22-/m0/s1. The summed E-state index contributed by atoms with van der Waals surface area (Å²) < 4.78 is 5.92. The molecule has 172 valence electrons. The van der Waals surface area contributed by atoms with Crippen molar-refractivity contribution in [2.24, 2.45) is 0 Å². The summed E-state index contributed by atoms with van der Waals surface area (Å²) in [6.45, 7) is 6.82. The third kappa shape index (κ3) is 6.31. The molecule has 1 saturated heterocycles. The summed E-state index contributed by atoms with van der Waals surface area (Å²) in [5, 5.41) is 10.4. The van der Waals surface area contributed by atoms with Crippen molar-refractivity contribution in [1.82, 2.24) is 19.8 Å². The van der Waals surface area contributed by atoms with Crippen molar-refractivity contribution >= 4 is 11.0 Å². The van der Waals surface area contributed by atoms with Crippen molar-refractivity contribution in [3.8, 4) is 5.75 Å². The van der Waals surface area contributed by atoms with Gasteiger partial charge in [-0.25, -0.2) is 4.98 Å². The maximum atomic E-state index is 10.4. The van der Waals surface area contributed by atoms with Crippen LogP contribution in [0.5, 0.6) is 5.75 Å². The van der Waals surface area contributed by atoms with Gasteiger partial charge in [-0.15, -0.1) is 0 Å².